The molecule has 3 N–H and O–H groups in total. The zero-order valence-corrected chi connectivity index (χ0v) is 18.9. The number of halogens is 1. The molecule has 1 aromatic carbocycles. The van der Waals surface area contributed by atoms with Gasteiger partial charge in [-0.1, -0.05) is 0 Å². The van der Waals surface area contributed by atoms with Gasteiger partial charge in [-0.25, -0.2) is 14.8 Å². The Morgan fingerprint density at radius 3 is 2.56 bits per heavy atom. The van der Waals surface area contributed by atoms with Crippen molar-refractivity contribution < 1.29 is 9.18 Å². The lowest BCUT2D eigenvalue weighted by Crippen LogP contribution is -2.52. The number of benzene rings is 1. The lowest BCUT2D eigenvalue weighted by Gasteiger charge is -2.36. The number of piperidine rings is 1. The molecule has 2 saturated heterocycles. The summed E-state index contributed by atoms with van der Waals surface area (Å²) in [6, 6.07) is 6.98. The van der Waals surface area contributed by atoms with Crippen LogP contribution >= 0.6 is 0 Å². The Morgan fingerprint density at radius 1 is 1.12 bits per heavy atom. The molecule has 0 spiro atoms. The quantitative estimate of drug-likeness (QED) is 0.681. The number of carbonyl (C=O) groups is 1. The van der Waals surface area contributed by atoms with E-state index in [1.807, 2.05) is 25.3 Å². The van der Waals surface area contributed by atoms with Crippen LogP contribution in [0, 0.1) is 18.7 Å². The Hall–Kier alpha value is -2.45. The van der Waals surface area contributed by atoms with Gasteiger partial charge in [-0.3, -0.25) is 10.2 Å². The largest absolute Gasteiger partial charge is 0.371 e. The number of rotatable bonds is 4. The molecule has 1 saturated carbocycles. The highest BCUT2D eigenvalue weighted by molar-refractivity contribution is 5.83. The Labute approximate surface area is 188 Å². The van der Waals surface area contributed by atoms with Crippen molar-refractivity contribution in [3.8, 4) is 0 Å². The summed E-state index contributed by atoms with van der Waals surface area (Å²) >= 11 is 0. The highest BCUT2D eigenvalue weighted by Gasteiger charge is 2.44. The summed E-state index contributed by atoms with van der Waals surface area (Å²) < 4.78 is 15.4. The molecule has 3 aliphatic rings. The summed E-state index contributed by atoms with van der Waals surface area (Å²) in [5, 5.41) is 3.30. The number of aromatic nitrogens is 2. The molecule has 8 heteroatoms. The molecule has 4 atom stereocenters. The van der Waals surface area contributed by atoms with Crippen LogP contribution in [-0.2, 0) is 11.8 Å². The normalized spacial score (nSPS) is 28.5. The zero-order valence-electron chi connectivity index (χ0n) is 18.9. The molecular weight excluding hydrogens is 407 g/mol. The second-order valence-electron chi connectivity index (χ2n) is 9.58. The van der Waals surface area contributed by atoms with Crippen LogP contribution in [0.25, 0.3) is 0 Å². The van der Waals surface area contributed by atoms with Crippen LogP contribution in [0.2, 0.25) is 0 Å². The van der Waals surface area contributed by atoms with E-state index in [9.17, 15) is 9.18 Å². The maximum Gasteiger partial charge on any atom is 0.239 e. The van der Waals surface area contributed by atoms with Crippen LogP contribution in [0.5, 0.6) is 0 Å². The topological polar surface area (TPSA) is 74.2 Å². The van der Waals surface area contributed by atoms with Crippen LogP contribution in [0.3, 0.4) is 0 Å². The first-order valence-electron chi connectivity index (χ1n) is 11.8. The van der Waals surface area contributed by atoms with Crippen molar-refractivity contribution in [2.24, 2.45) is 13.0 Å². The molecule has 1 aliphatic carbocycles. The Morgan fingerprint density at radius 2 is 1.88 bits per heavy atom. The van der Waals surface area contributed by atoms with Crippen molar-refractivity contribution in [2.75, 3.05) is 18.0 Å². The summed E-state index contributed by atoms with van der Waals surface area (Å²) in [5.74, 6) is 1.65. The number of hydrazine groups is 1. The summed E-state index contributed by atoms with van der Waals surface area (Å²) in [6.45, 7) is 3.76. The number of imidazole rings is 1. The van der Waals surface area contributed by atoms with Gasteiger partial charge < -0.3 is 14.8 Å². The molecule has 0 radical (unpaired) electrons. The first-order chi connectivity index (χ1) is 15.5. The predicted octanol–water partition coefficient (Wildman–Crippen LogP) is 2.38. The monoisotopic (exact) mass is 440 g/mol. The van der Waals surface area contributed by atoms with Crippen molar-refractivity contribution >= 4 is 11.6 Å². The highest BCUT2D eigenvalue weighted by atomic mass is 19.1. The molecular formula is C24H33FN6O. The SMILES string of the molecule is Cc1ncc(C2CCC3NNC(C(=O)NC4CCN(c5ccc(F)cc5)CC4)C3C2)n1C. The third-order valence-electron chi connectivity index (χ3n) is 7.74. The van der Waals surface area contributed by atoms with Gasteiger partial charge in [0, 0.05) is 61.6 Å². The van der Waals surface area contributed by atoms with E-state index in [-0.39, 0.29) is 29.7 Å². The molecule has 0 bridgehead atoms. The van der Waals surface area contributed by atoms with E-state index in [0.29, 0.717) is 12.0 Å². The highest BCUT2D eigenvalue weighted by Crippen LogP contribution is 2.39. The molecule has 2 aliphatic heterocycles. The summed E-state index contributed by atoms with van der Waals surface area (Å²) in [5.41, 5.74) is 8.99. The maximum atomic E-state index is 13.2. The van der Waals surface area contributed by atoms with E-state index in [0.717, 1.165) is 56.7 Å². The van der Waals surface area contributed by atoms with Gasteiger partial charge in [0.15, 0.2) is 0 Å². The number of fused-ring (bicyclic) bond motifs is 1. The number of carbonyl (C=O) groups excluding carboxylic acids is 1. The summed E-state index contributed by atoms with van der Waals surface area (Å²) in [4.78, 5) is 19.9. The second kappa shape index (κ2) is 8.83. The molecule has 5 rings (SSSR count). The fourth-order valence-electron chi connectivity index (χ4n) is 5.71. The summed E-state index contributed by atoms with van der Waals surface area (Å²) in [6.07, 6.45) is 6.96. The van der Waals surface area contributed by atoms with Crippen molar-refractivity contribution in [3.63, 3.8) is 0 Å². The average Bonchev–Trinajstić information content (AvgIpc) is 3.38. The maximum absolute atomic E-state index is 13.2. The number of anilines is 1. The van der Waals surface area contributed by atoms with Crippen LogP contribution in [0.1, 0.15) is 49.5 Å². The molecule has 3 heterocycles. The number of nitrogens with zero attached hydrogens (tertiary/aromatic N) is 3. The van der Waals surface area contributed by atoms with Gasteiger partial charge in [0.25, 0.3) is 0 Å². The van der Waals surface area contributed by atoms with Crippen LogP contribution in [0.4, 0.5) is 10.1 Å². The molecule has 3 fully saturated rings. The third-order valence-corrected chi connectivity index (χ3v) is 7.74. The Kier molecular flexibility index (Phi) is 5.90. The number of amides is 1. The molecule has 1 aromatic heterocycles. The van der Waals surface area contributed by atoms with Crippen LogP contribution in [-0.4, -0.2) is 46.7 Å². The van der Waals surface area contributed by atoms with Gasteiger partial charge in [0.05, 0.1) is 0 Å². The minimum absolute atomic E-state index is 0.104. The molecule has 1 amide bonds. The third kappa shape index (κ3) is 4.13. The van der Waals surface area contributed by atoms with Gasteiger partial charge in [-0.2, -0.15) is 0 Å². The minimum atomic E-state index is -0.213. The molecule has 172 valence electrons. The number of aryl methyl sites for hydroxylation is 1. The van der Waals surface area contributed by atoms with Crippen molar-refractivity contribution in [1.82, 2.24) is 25.7 Å². The van der Waals surface area contributed by atoms with E-state index < -0.39 is 0 Å². The standard InChI is InChI=1S/C24H33FN6O/c1-15-26-14-22(30(15)2)16-3-8-21-20(13-16)23(29-28-21)24(32)27-18-9-11-31(12-10-18)19-6-4-17(25)5-7-19/h4-7,14,16,18,20-21,23,28-29H,3,8-13H2,1-2H3,(H,27,32). The Balaban J connectivity index is 1.17. The van der Waals surface area contributed by atoms with E-state index in [4.69, 9.17) is 0 Å². The lowest BCUT2D eigenvalue weighted by atomic mass is 9.74. The number of hydrogen-bond donors (Lipinski definition) is 3. The van der Waals surface area contributed by atoms with E-state index in [1.54, 1.807) is 0 Å². The fourth-order valence-corrected chi connectivity index (χ4v) is 5.71. The van der Waals surface area contributed by atoms with Crippen molar-refractivity contribution in [1.29, 1.82) is 0 Å². The minimum Gasteiger partial charge on any atom is -0.371 e. The number of hydrogen-bond acceptors (Lipinski definition) is 5. The smallest absolute Gasteiger partial charge is 0.239 e. The van der Waals surface area contributed by atoms with Crippen molar-refractivity contribution in [3.05, 3.63) is 47.8 Å². The van der Waals surface area contributed by atoms with Crippen LogP contribution in [0.15, 0.2) is 30.5 Å². The molecule has 2 aromatic rings. The number of nitrogens with one attached hydrogen (secondary N) is 3. The average molecular weight is 441 g/mol. The van der Waals surface area contributed by atoms with Crippen LogP contribution < -0.4 is 21.1 Å². The summed E-state index contributed by atoms with van der Waals surface area (Å²) in [7, 11) is 2.08. The van der Waals surface area contributed by atoms with E-state index >= 15 is 0 Å². The predicted molar refractivity (Wildman–Crippen MR) is 122 cm³/mol. The van der Waals surface area contributed by atoms with Crippen molar-refractivity contribution in [2.45, 2.75) is 63.1 Å². The first kappa shape index (κ1) is 21.4. The fraction of sp³-hybridized carbons (Fsp3) is 0.583. The van der Waals surface area contributed by atoms with Gasteiger partial charge in [0.1, 0.15) is 17.7 Å². The Bertz CT molecular complexity index is 952. The van der Waals surface area contributed by atoms with Gasteiger partial charge in [-0.05, 0) is 63.3 Å². The van der Waals surface area contributed by atoms with Gasteiger partial charge >= 0.3 is 0 Å². The molecule has 4 unspecified atom stereocenters. The molecule has 32 heavy (non-hydrogen) atoms. The van der Waals surface area contributed by atoms with Gasteiger partial charge in [-0.15, -0.1) is 0 Å². The molecule has 7 nitrogen and oxygen atoms in total. The zero-order chi connectivity index (χ0) is 22.2. The van der Waals surface area contributed by atoms with E-state index in [2.05, 4.69) is 37.7 Å². The van der Waals surface area contributed by atoms with E-state index in [1.165, 1.54) is 17.8 Å². The lowest BCUT2D eigenvalue weighted by molar-refractivity contribution is -0.124. The van der Waals surface area contributed by atoms with Gasteiger partial charge in [0.2, 0.25) is 5.91 Å². The second-order valence-corrected chi connectivity index (χ2v) is 9.58. The first-order valence-corrected chi connectivity index (χ1v) is 11.8.